The third kappa shape index (κ3) is 3.56. The molecule has 1 fully saturated rings. The molecule has 0 aliphatic carbocycles. The fourth-order valence-electron chi connectivity index (χ4n) is 4.27. The number of para-hydroxylation sites is 2. The number of nitro groups is 1. The number of aryl methyl sites for hydroxylation is 1. The number of nitrogens with zero attached hydrogens (tertiary/aromatic N) is 3. The Labute approximate surface area is 168 Å². The largest absolute Gasteiger partial charge is 0.366 e. The SMILES string of the molecule is O=C(C1CCN(c2ccccc2[N+](=O)[O-])CC1)N1CCCc2cc(Cl)ccc21. The highest BCUT2D eigenvalue weighted by molar-refractivity contribution is 6.30. The van der Waals surface area contributed by atoms with Gasteiger partial charge in [0, 0.05) is 42.3 Å². The van der Waals surface area contributed by atoms with Crippen molar-refractivity contribution in [3.63, 3.8) is 0 Å². The van der Waals surface area contributed by atoms with Crippen LogP contribution in [0.25, 0.3) is 0 Å². The van der Waals surface area contributed by atoms with Crippen molar-refractivity contribution < 1.29 is 9.72 Å². The lowest BCUT2D eigenvalue weighted by Crippen LogP contribution is -2.44. The number of nitro benzene ring substituents is 1. The minimum Gasteiger partial charge on any atom is -0.366 e. The molecule has 2 aromatic rings. The van der Waals surface area contributed by atoms with E-state index in [1.165, 1.54) is 6.07 Å². The Morgan fingerprint density at radius 2 is 1.82 bits per heavy atom. The summed E-state index contributed by atoms with van der Waals surface area (Å²) in [7, 11) is 0. The first kappa shape index (κ1) is 18.7. The van der Waals surface area contributed by atoms with Gasteiger partial charge in [0.05, 0.1) is 4.92 Å². The van der Waals surface area contributed by atoms with Crippen LogP contribution in [0.1, 0.15) is 24.8 Å². The van der Waals surface area contributed by atoms with Gasteiger partial charge in [-0.3, -0.25) is 14.9 Å². The molecule has 2 aliphatic rings. The number of amides is 1. The number of rotatable bonds is 3. The van der Waals surface area contributed by atoms with Crippen LogP contribution in [0.15, 0.2) is 42.5 Å². The normalized spacial score (nSPS) is 17.3. The molecule has 28 heavy (non-hydrogen) atoms. The maximum Gasteiger partial charge on any atom is 0.292 e. The third-order valence-corrected chi connectivity index (χ3v) is 5.92. The molecule has 0 bridgehead atoms. The number of carbonyl (C=O) groups excluding carboxylic acids is 1. The lowest BCUT2D eigenvalue weighted by molar-refractivity contribution is -0.384. The molecule has 0 spiro atoms. The molecule has 2 aliphatic heterocycles. The van der Waals surface area contributed by atoms with Crippen molar-refractivity contribution >= 4 is 34.6 Å². The van der Waals surface area contributed by atoms with Crippen LogP contribution in [0, 0.1) is 16.0 Å². The van der Waals surface area contributed by atoms with Gasteiger partial charge < -0.3 is 9.80 Å². The van der Waals surface area contributed by atoms with E-state index in [9.17, 15) is 14.9 Å². The number of fused-ring (bicyclic) bond motifs is 1. The Bertz CT molecular complexity index is 910. The zero-order valence-electron chi connectivity index (χ0n) is 15.5. The summed E-state index contributed by atoms with van der Waals surface area (Å²) in [5.74, 6) is 0.103. The molecule has 0 atom stereocenters. The molecular weight excluding hydrogens is 378 g/mol. The first-order valence-corrected chi connectivity index (χ1v) is 10.0. The summed E-state index contributed by atoms with van der Waals surface area (Å²) in [6.07, 6.45) is 3.28. The van der Waals surface area contributed by atoms with E-state index >= 15 is 0 Å². The van der Waals surface area contributed by atoms with Gasteiger partial charge in [0.25, 0.3) is 5.69 Å². The van der Waals surface area contributed by atoms with Crippen LogP contribution in [-0.4, -0.2) is 30.5 Å². The molecule has 7 heteroatoms. The minimum atomic E-state index is -0.345. The lowest BCUT2D eigenvalue weighted by Gasteiger charge is -2.37. The quantitative estimate of drug-likeness (QED) is 0.565. The van der Waals surface area contributed by atoms with Crippen LogP contribution in [0.3, 0.4) is 0 Å². The van der Waals surface area contributed by atoms with Gasteiger partial charge in [-0.2, -0.15) is 0 Å². The van der Waals surface area contributed by atoms with Crippen molar-refractivity contribution in [1.82, 2.24) is 0 Å². The van der Waals surface area contributed by atoms with E-state index in [0.717, 1.165) is 30.6 Å². The predicted octanol–water partition coefficient (Wildman–Crippen LogP) is 4.44. The minimum absolute atomic E-state index is 0.0550. The van der Waals surface area contributed by atoms with E-state index in [1.54, 1.807) is 12.1 Å². The van der Waals surface area contributed by atoms with Gasteiger partial charge in [-0.05, 0) is 55.5 Å². The van der Waals surface area contributed by atoms with Crippen molar-refractivity contribution in [2.24, 2.45) is 5.92 Å². The highest BCUT2D eigenvalue weighted by Crippen LogP contribution is 2.34. The molecule has 0 N–H and O–H groups in total. The summed E-state index contributed by atoms with van der Waals surface area (Å²) in [6.45, 7) is 2.02. The second-order valence-electron chi connectivity index (χ2n) is 7.37. The molecule has 2 aromatic carbocycles. The summed E-state index contributed by atoms with van der Waals surface area (Å²) < 4.78 is 0. The van der Waals surface area contributed by atoms with Gasteiger partial charge >= 0.3 is 0 Å². The molecule has 6 nitrogen and oxygen atoms in total. The fourth-order valence-corrected chi connectivity index (χ4v) is 4.46. The smallest absolute Gasteiger partial charge is 0.292 e. The summed E-state index contributed by atoms with van der Waals surface area (Å²) >= 11 is 6.11. The van der Waals surface area contributed by atoms with Crippen LogP contribution in [0.4, 0.5) is 17.1 Å². The van der Waals surface area contributed by atoms with E-state index in [1.807, 2.05) is 34.1 Å². The Morgan fingerprint density at radius 3 is 2.57 bits per heavy atom. The number of hydrogen-bond donors (Lipinski definition) is 0. The van der Waals surface area contributed by atoms with Gasteiger partial charge in [0.15, 0.2) is 0 Å². The standard InChI is InChI=1S/C21H22ClN3O3/c22-17-7-8-18-16(14-17)4-3-11-24(18)21(26)15-9-12-23(13-10-15)19-5-1-2-6-20(19)25(27)28/h1-2,5-8,14-15H,3-4,9-13H2. The molecule has 146 valence electrons. The first-order chi connectivity index (χ1) is 13.5. The summed E-state index contributed by atoms with van der Waals surface area (Å²) in [4.78, 5) is 28.1. The van der Waals surface area contributed by atoms with Crippen molar-refractivity contribution in [2.75, 3.05) is 29.4 Å². The molecule has 0 radical (unpaired) electrons. The maximum atomic E-state index is 13.2. The first-order valence-electron chi connectivity index (χ1n) is 9.63. The monoisotopic (exact) mass is 399 g/mol. The topological polar surface area (TPSA) is 66.7 Å². The number of carbonyl (C=O) groups is 1. The van der Waals surface area contributed by atoms with Crippen molar-refractivity contribution in [3.8, 4) is 0 Å². The summed E-state index contributed by atoms with van der Waals surface area (Å²) in [5.41, 5.74) is 2.86. The average molecular weight is 400 g/mol. The highest BCUT2D eigenvalue weighted by Gasteiger charge is 2.32. The zero-order valence-corrected chi connectivity index (χ0v) is 16.3. The number of piperidine rings is 1. The number of benzene rings is 2. The van der Waals surface area contributed by atoms with Gasteiger partial charge in [-0.25, -0.2) is 0 Å². The van der Waals surface area contributed by atoms with Gasteiger partial charge in [-0.15, -0.1) is 0 Å². The highest BCUT2D eigenvalue weighted by atomic mass is 35.5. The Balaban J connectivity index is 1.47. The molecule has 1 saturated heterocycles. The molecule has 0 unspecified atom stereocenters. The predicted molar refractivity (Wildman–Crippen MR) is 110 cm³/mol. The molecule has 1 amide bonds. The van der Waals surface area contributed by atoms with Gasteiger partial charge in [0.1, 0.15) is 5.69 Å². The summed E-state index contributed by atoms with van der Waals surface area (Å²) in [6, 6.07) is 12.5. The lowest BCUT2D eigenvalue weighted by atomic mass is 9.92. The fraction of sp³-hybridized carbons (Fsp3) is 0.381. The third-order valence-electron chi connectivity index (χ3n) is 5.69. The number of anilines is 2. The van der Waals surface area contributed by atoms with E-state index in [4.69, 9.17) is 11.6 Å². The Morgan fingerprint density at radius 1 is 1.07 bits per heavy atom. The van der Waals surface area contributed by atoms with E-state index in [0.29, 0.717) is 36.6 Å². The van der Waals surface area contributed by atoms with E-state index in [-0.39, 0.29) is 22.4 Å². The molecule has 4 rings (SSSR count). The number of hydrogen-bond acceptors (Lipinski definition) is 4. The zero-order chi connectivity index (χ0) is 19.7. The second kappa shape index (κ2) is 7.80. The van der Waals surface area contributed by atoms with Crippen molar-refractivity contribution in [2.45, 2.75) is 25.7 Å². The molecule has 0 aromatic heterocycles. The molecule has 2 heterocycles. The molecular formula is C21H22ClN3O3. The van der Waals surface area contributed by atoms with E-state index in [2.05, 4.69) is 0 Å². The van der Waals surface area contributed by atoms with Crippen LogP contribution < -0.4 is 9.80 Å². The van der Waals surface area contributed by atoms with Crippen LogP contribution in [0.5, 0.6) is 0 Å². The summed E-state index contributed by atoms with van der Waals surface area (Å²) in [5, 5.41) is 12.0. The van der Waals surface area contributed by atoms with Crippen LogP contribution in [0.2, 0.25) is 5.02 Å². The average Bonchev–Trinajstić information content (AvgIpc) is 2.72. The Kier molecular flexibility index (Phi) is 5.22. The van der Waals surface area contributed by atoms with Gasteiger partial charge in [-0.1, -0.05) is 23.7 Å². The van der Waals surface area contributed by atoms with E-state index < -0.39 is 0 Å². The van der Waals surface area contributed by atoms with Crippen LogP contribution >= 0.6 is 11.6 Å². The molecule has 0 saturated carbocycles. The van der Waals surface area contributed by atoms with Crippen LogP contribution in [-0.2, 0) is 11.2 Å². The van der Waals surface area contributed by atoms with Crippen molar-refractivity contribution in [3.05, 3.63) is 63.2 Å². The Hall–Kier alpha value is -2.60. The van der Waals surface area contributed by atoms with Crippen molar-refractivity contribution in [1.29, 1.82) is 0 Å². The maximum absolute atomic E-state index is 13.2. The second-order valence-corrected chi connectivity index (χ2v) is 7.81. The van der Waals surface area contributed by atoms with Gasteiger partial charge in [0.2, 0.25) is 5.91 Å². The number of halogens is 1.